The molecule has 0 bridgehead atoms. The van der Waals surface area contributed by atoms with Crippen LogP contribution >= 0.6 is 0 Å². The molecule has 0 fully saturated rings. The van der Waals surface area contributed by atoms with Gasteiger partial charge in [0.2, 0.25) is 0 Å². The molecule has 1 aromatic heterocycles. The van der Waals surface area contributed by atoms with Crippen LogP contribution in [0.3, 0.4) is 0 Å². The third-order valence-electron chi connectivity index (χ3n) is 3.09. The second-order valence-corrected chi connectivity index (χ2v) is 5.01. The number of rotatable bonds is 2. The van der Waals surface area contributed by atoms with E-state index in [1.165, 1.54) is 21.9 Å². The highest BCUT2D eigenvalue weighted by Crippen LogP contribution is 2.30. The van der Waals surface area contributed by atoms with Crippen LogP contribution in [0.2, 0.25) is 0 Å². The van der Waals surface area contributed by atoms with Gasteiger partial charge in [0, 0.05) is 17.8 Å². The Labute approximate surface area is 125 Å². The zero-order chi connectivity index (χ0) is 15.7. The Morgan fingerprint density at radius 1 is 0.750 bits per heavy atom. The molecule has 112 valence electrons. The van der Waals surface area contributed by atoms with Crippen LogP contribution < -0.4 is 0 Å². The third kappa shape index (κ3) is 4.63. The zero-order valence-corrected chi connectivity index (χ0v) is 14.5. The van der Waals surface area contributed by atoms with E-state index in [1.54, 1.807) is 0 Å². The quantitative estimate of drug-likeness (QED) is 0.606. The van der Waals surface area contributed by atoms with E-state index in [9.17, 15) is 0 Å². The van der Waals surface area contributed by atoms with Crippen LogP contribution in [0.15, 0.2) is 30.6 Å². The van der Waals surface area contributed by atoms with E-state index < -0.39 is 0 Å². The van der Waals surface area contributed by atoms with Crippen molar-refractivity contribution in [1.82, 2.24) is 4.98 Å². The highest BCUT2D eigenvalue weighted by molar-refractivity contribution is 5.83. The first-order valence-electron chi connectivity index (χ1n) is 7.97. The molecule has 0 radical (unpaired) electrons. The lowest BCUT2D eigenvalue weighted by atomic mass is 9.88. The van der Waals surface area contributed by atoms with E-state index in [1.807, 2.05) is 40.1 Å². The maximum absolute atomic E-state index is 4.19. The van der Waals surface area contributed by atoms with Crippen LogP contribution in [-0.4, -0.2) is 4.98 Å². The van der Waals surface area contributed by atoms with Crippen LogP contribution in [0.25, 0.3) is 10.8 Å². The lowest BCUT2D eigenvalue weighted by molar-refractivity contribution is 0.793. The van der Waals surface area contributed by atoms with Gasteiger partial charge >= 0.3 is 0 Å². The molecule has 2 rings (SSSR count). The van der Waals surface area contributed by atoms with Gasteiger partial charge in [0.05, 0.1) is 0 Å². The number of aromatic nitrogens is 1. The second-order valence-electron chi connectivity index (χ2n) is 5.01. The van der Waals surface area contributed by atoms with Crippen molar-refractivity contribution in [2.45, 2.75) is 67.2 Å². The summed E-state index contributed by atoms with van der Waals surface area (Å²) in [7, 11) is 0. The topological polar surface area (TPSA) is 12.9 Å². The smallest absolute Gasteiger partial charge is 0.0346 e. The Morgan fingerprint density at radius 3 is 1.65 bits per heavy atom. The molecule has 0 aliphatic carbocycles. The molecule has 0 saturated carbocycles. The van der Waals surface area contributed by atoms with Gasteiger partial charge in [-0.25, -0.2) is 0 Å². The molecule has 0 amide bonds. The van der Waals surface area contributed by atoms with E-state index in [2.05, 4.69) is 50.9 Å². The number of nitrogens with zero attached hydrogens (tertiary/aromatic N) is 1. The van der Waals surface area contributed by atoms with E-state index in [0.717, 1.165) is 0 Å². The molecule has 0 aliphatic rings. The molecule has 2 aromatic rings. The summed E-state index contributed by atoms with van der Waals surface area (Å²) in [5.41, 5.74) is 2.92. The first kappa shape index (κ1) is 18.6. The number of hydrogen-bond donors (Lipinski definition) is 0. The summed E-state index contributed by atoms with van der Waals surface area (Å²) < 4.78 is 0. The molecule has 1 nitrogen and oxygen atoms in total. The van der Waals surface area contributed by atoms with Gasteiger partial charge in [-0.2, -0.15) is 0 Å². The van der Waals surface area contributed by atoms with E-state index >= 15 is 0 Å². The lowest BCUT2D eigenvalue weighted by Crippen LogP contribution is -1.98. The first-order valence-corrected chi connectivity index (χ1v) is 7.97. The van der Waals surface area contributed by atoms with Crippen LogP contribution in [0.4, 0.5) is 0 Å². The molecule has 0 N–H and O–H groups in total. The van der Waals surface area contributed by atoms with Gasteiger partial charge in [-0.3, -0.25) is 4.98 Å². The molecule has 1 heteroatoms. The molecule has 0 atom stereocenters. The summed E-state index contributed by atoms with van der Waals surface area (Å²) in [6.45, 7) is 17.0. The summed E-state index contributed by atoms with van der Waals surface area (Å²) in [5, 5.41) is 2.54. The van der Waals surface area contributed by atoms with Crippen LogP contribution in [0.1, 0.15) is 78.4 Å². The number of hydrogen-bond acceptors (Lipinski definition) is 1. The molecule has 0 spiro atoms. The predicted molar refractivity (Wildman–Crippen MR) is 92.6 cm³/mol. The maximum atomic E-state index is 4.19. The Kier molecular flexibility index (Phi) is 8.87. The van der Waals surface area contributed by atoms with Crippen LogP contribution in [0.5, 0.6) is 0 Å². The zero-order valence-electron chi connectivity index (χ0n) is 14.5. The Morgan fingerprint density at radius 2 is 1.20 bits per heavy atom. The van der Waals surface area contributed by atoms with Gasteiger partial charge in [-0.05, 0) is 40.5 Å². The highest BCUT2D eigenvalue weighted by atomic mass is 14.6. The van der Waals surface area contributed by atoms with Crippen molar-refractivity contribution >= 4 is 10.8 Å². The molecule has 1 heterocycles. The van der Waals surface area contributed by atoms with Gasteiger partial charge in [0.1, 0.15) is 0 Å². The first-order chi connectivity index (χ1) is 9.59. The number of pyridine rings is 1. The molecule has 20 heavy (non-hydrogen) atoms. The second kappa shape index (κ2) is 9.52. The fraction of sp³-hybridized carbons (Fsp3) is 0.526. The number of benzene rings is 1. The predicted octanol–water partition coefficient (Wildman–Crippen LogP) is 6.53. The van der Waals surface area contributed by atoms with E-state index in [0.29, 0.717) is 11.8 Å². The largest absolute Gasteiger partial charge is 0.264 e. The number of fused-ring (bicyclic) bond motifs is 1. The Bertz CT molecular complexity index is 452. The Balaban J connectivity index is 0.000000829. The van der Waals surface area contributed by atoms with Gasteiger partial charge in [-0.15, -0.1) is 0 Å². The van der Waals surface area contributed by atoms with Crippen LogP contribution in [-0.2, 0) is 0 Å². The summed E-state index contributed by atoms with van der Waals surface area (Å²) in [4.78, 5) is 4.19. The van der Waals surface area contributed by atoms with Crippen molar-refractivity contribution in [3.05, 3.63) is 41.7 Å². The van der Waals surface area contributed by atoms with Crippen molar-refractivity contribution in [2.75, 3.05) is 0 Å². The normalized spacial score (nSPS) is 9.90. The van der Waals surface area contributed by atoms with Crippen molar-refractivity contribution < 1.29 is 0 Å². The summed E-state index contributed by atoms with van der Waals surface area (Å²) in [6, 6.07) is 6.70. The van der Waals surface area contributed by atoms with Crippen molar-refractivity contribution in [3.63, 3.8) is 0 Å². The molecular formula is C19H31N. The fourth-order valence-corrected chi connectivity index (χ4v) is 2.17. The van der Waals surface area contributed by atoms with Gasteiger partial charge in [-0.1, -0.05) is 61.5 Å². The van der Waals surface area contributed by atoms with Crippen molar-refractivity contribution in [3.8, 4) is 0 Å². The van der Waals surface area contributed by atoms with Gasteiger partial charge < -0.3 is 0 Å². The average Bonchev–Trinajstić information content (AvgIpc) is 2.49. The molecule has 1 aromatic carbocycles. The monoisotopic (exact) mass is 273 g/mol. The minimum atomic E-state index is 0.571. The molecule has 0 aliphatic heterocycles. The third-order valence-corrected chi connectivity index (χ3v) is 3.09. The SMILES string of the molecule is CC.CC.CC(C)c1cc2ccncc2cc1C(C)C. The average molecular weight is 273 g/mol. The molecule has 0 unspecified atom stereocenters. The lowest BCUT2D eigenvalue weighted by Gasteiger charge is -2.17. The molecular weight excluding hydrogens is 242 g/mol. The van der Waals surface area contributed by atoms with Gasteiger partial charge in [0.15, 0.2) is 0 Å². The standard InChI is InChI=1S/C15H19N.2C2H6/c1-10(2)14-7-12-5-6-16-9-13(12)8-15(14)11(3)4;2*1-2/h5-11H,1-4H3;2*1-2H3. The molecule has 0 saturated heterocycles. The summed E-state index contributed by atoms with van der Waals surface area (Å²) in [6.07, 6.45) is 3.81. The maximum Gasteiger partial charge on any atom is 0.0346 e. The highest BCUT2D eigenvalue weighted by Gasteiger charge is 2.11. The summed E-state index contributed by atoms with van der Waals surface area (Å²) in [5.74, 6) is 1.15. The fourth-order valence-electron chi connectivity index (χ4n) is 2.17. The van der Waals surface area contributed by atoms with E-state index in [4.69, 9.17) is 0 Å². The Hall–Kier alpha value is -1.37. The minimum absolute atomic E-state index is 0.571. The minimum Gasteiger partial charge on any atom is -0.264 e. The van der Waals surface area contributed by atoms with Gasteiger partial charge in [0.25, 0.3) is 0 Å². The van der Waals surface area contributed by atoms with Crippen molar-refractivity contribution in [2.24, 2.45) is 0 Å². The van der Waals surface area contributed by atoms with Crippen LogP contribution in [0, 0.1) is 0 Å². The summed E-state index contributed by atoms with van der Waals surface area (Å²) >= 11 is 0. The van der Waals surface area contributed by atoms with E-state index in [-0.39, 0.29) is 0 Å². The van der Waals surface area contributed by atoms with Crippen molar-refractivity contribution in [1.29, 1.82) is 0 Å².